The summed E-state index contributed by atoms with van der Waals surface area (Å²) in [5.41, 5.74) is 12.4. The Morgan fingerprint density at radius 2 is 0.981 bits per heavy atom. The van der Waals surface area contributed by atoms with Gasteiger partial charge in [-0.1, -0.05) is 54.6 Å². The van der Waals surface area contributed by atoms with E-state index in [1.54, 1.807) is 18.6 Å². The molecule has 0 amide bonds. The maximum absolute atomic E-state index is 6.26. The van der Waals surface area contributed by atoms with Gasteiger partial charge in [-0.25, -0.2) is 15.0 Å². The fourth-order valence-electron chi connectivity index (χ4n) is 6.91. The van der Waals surface area contributed by atoms with Crippen LogP contribution in [0.1, 0.15) is 0 Å². The molecule has 6 aromatic heterocycles. The topological polar surface area (TPSA) is 80.8 Å². The number of nitrogens with zero attached hydrogens (tertiary/aromatic N) is 6. The van der Waals surface area contributed by atoms with E-state index in [9.17, 15) is 0 Å². The van der Waals surface area contributed by atoms with E-state index >= 15 is 0 Å². The molecule has 52 heavy (non-hydrogen) atoms. The van der Waals surface area contributed by atoms with E-state index in [2.05, 4.69) is 129 Å². The van der Waals surface area contributed by atoms with Gasteiger partial charge in [0.05, 0.1) is 22.4 Å². The second-order valence-electron chi connectivity index (χ2n) is 12.6. The summed E-state index contributed by atoms with van der Waals surface area (Å²) in [7, 11) is 0. The van der Waals surface area contributed by atoms with Gasteiger partial charge in [-0.2, -0.15) is 0 Å². The van der Waals surface area contributed by atoms with Crippen LogP contribution < -0.4 is 4.90 Å². The minimum absolute atomic E-state index is 0.645. The van der Waals surface area contributed by atoms with Crippen molar-refractivity contribution in [3.8, 4) is 33.6 Å². The van der Waals surface area contributed by atoms with Crippen LogP contribution in [-0.4, -0.2) is 24.9 Å². The molecule has 7 heteroatoms. The fraction of sp³-hybridized carbons (Fsp3) is 0. The van der Waals surface area contributed by atoms with Crippen LogP contribution in [0.2, 0.25) is 0 Å². The molecule has 0 saturated heterocycles. The van der Waals surface area contributed by atoms with Crippen molar-refractivity contribution < 1.29 is 4.42 Å². The van der Waals surface area contributed by atoms with Gasteiger partial charge in [-0.05, 0) is 90.5 Å². The van der Waals surface area contributed by atoms with Gasteiger partial charge in [0.15, 0.2) is 0 Å². The lowest BCUT2D eigenvalue weighted by molar-refractivity contribution is 0.655. The van der Waals surface area contributed by atoms with Crippen molar-refractivity contribution in [1.29, 1.82) is 0 Å². The molecule has 0 atom stereocenters. The van der Waals surface area contributed by atoms with Crippen LogP contribution in [0.3, 0.4) is 0 Å². The molecule has 0 bridgehead atoms. The SMILES string of the molecule is c1cnc2oc3c(-c4ccc(N(c5ccc(-c6ccc7cnccc7n6)cc5)c5ccc(-c6ccc7cnccc7n6)cc5)cc4)cccc3c2c1. The van der Waals surface area contributed by atoms with Gasteiger partial charge in [0.25, 0.3) is 0 Å². The lowest BCUT2D eigenvalue weighted by Crippen LogP contribution is -2.09. The average Bonchev–Trinajstić information content (AvgIpc) is 3.61. The first kappa shape index (κ1) is 29.6. The first-order valence-electron chi connectivity index (χ1n) is 17.0. The van der Waals surface area contributed by atoms with Gasteiger partial charge in [0, 0.05) is 86.3 Å². The minimum atomic E-state index is 0.645. The number of benzene rings is 4. The second-order valence-corrected chi connectivity index (χ2v) is 12.6. The number of pyridine rings is 5. The number of hydrogen-bond donors (Lipinski definition) is 0. The molecule has 0 aliphatic heterocycles. The van der Waals surface area contributed by atoms with Gasteiger partial charge < -0.3 is 9.32 Å². The summed E-state index contributed by atoms with van der Waals surface area (Å²) in [4.78, 5) is 25.0. The molecule has 0 saturated carbocycles. The van der Waals surface area contributed by atoms with Crippen LogP contribution in [0.15, 0.2) is 175 Å². The summed E-state index contributed by atoms with van der Waals surface area (Å²) in [5.74, 6) is 0. The van der Waals surface area contributed by atoms with Crippen LogP contribution in [0.5, 0.6) is 0 Å². The summed E-state index contributed by atoms with van der Waals surface area (Å²) in [5, 5.41) is 4.11. The maximum Gasteiger partial charge on any atom is 0.227 e. The predicted octanol–water partition coefficient (Wildman–Crippen LogP) is 11.3. The smallest absolute Gasteiger partial charge is 0.227 e. The zero-order valence-electron chi connectivity index (χ0n) is 27.8. The molecule has 0 radical (unpaired) electrons. The molecule has 4 aromatic carbocycles. The molecular weight excluding hydrogens is 641 g/mol. The van der Waals surface area contributed by atoms with Crippen molar-refractivity contribution in [2.45, 2.75) is 0 Å². The quantitative estimate of drug-likeness (QED) is 0.174. The number of fused-ring (bicyclic) bond motifs is 5. The second kappa shape index (κ2) is 12.3. The Morgan fingerprint density at radius 1 is 0.442 bits per heavy atom. The summed E-state index contributed by atoms with van der Waals surface area (Å²) in [6.45, 7) is 0. The largest absolute Gasteiger partial charge is 0.437 e. The average molecular weight is 669 g/mol. The number of rotatable bonds is 6. The van der Waals surface area contributed by atoms with Crippen LogP contribution in [0.25, 0.3) is 77.5 Å². The van der Waals surface area contributed by atoms with Crippen LogP contribution in [0.4, 0.5) is 17.1 Å². The van der Waals surface area contributed by atoms with E-state index in [1.807, 2.05) is 42.7 Å². The molecule has 0 aliphatic rings. The van der Waals surface area contributed by atoms with Crippen LogP contribution >= 0.6 is 0 Å². The number of anilines is 3. The van der Waals surface area contributed by atoms with Gasteiger partial charge >= 0.3 is 0 Å². The van der Waals surface area contributed by atoms with E-state index in [0.717, 1.165) is 88.9 Å². The molecule has 10 rings (SSSR count). The minimum Gasteiger partial charge on any atom is -0.437 e. The Balaban J connectivity index is 1.04. The maximum atomic E-state index is 6.26. The van der Waals surface area contributed by atoms with Gasteiger partial charge in [-0.3, -0.25) is 9.97 Å². The zero-order chi connectivity index (χ0) is 34.4. The molecule has 6 heterocycles. The van der Waals surface area contributed by atoms with Crippen molar-refractivity contribution in [1.82, 2.24) is 24.9 Å². The number of furan rings is 1. The van der Waals surface area contributed by atoms with E-state index in [4.69, 9.17) is 14.4 Å². The highest BCUT2D eigenvalue weighted by molar-refractivity contribution is 6.08. The first-order chi connectivity index (χ1) is 25.7. The standard InChI is InChI=1S/C45H28N6O/c1-3-37(44-38(4-1)39-5-2-24-48-45(39)52-44)29-6-14-34(15-7-29)51(35-16-8-30(9-17-35)40-20-12-32-27-46-25-22-42(32)49-40)36-18-10-31(11-19-36)41-21-13-33-28-47-26-23-43(33)50-41/h1-28H. The highest BCUT2D eigenvalue weighted by atomic mass is 16.3. The third kappa shape index (κ3) is 5.20. The normalized spacial score (nSPS) is 11.5. The number of aromatic nitrogens is 5. The lowest BCUT2D eigenvalue weighted by atomic mass is 10.0. The predicted molar refractivity (Wildman–Crippen MR) is 209 cm³/mol. The summed E-state index contributed by atoms with van der Waals surface area (Å²) in [6.07, 6.45) is 8.99. The highest BCUT2D eigenvalue weighted by Gasteiger charge is 2.16. The summed E-state index contributed by atoms with van der Waals surface area (Å²) in [6, 6.07) is 48.1. The molecular formula is C45H28N6O. The Hall–Kier alpha value is -7.25. The molecule has 10 aromatic rings. The summed E-state index contributed by atoms with van der Waals surface area (Å²) < 4.78 is 6.26. The molecule has 244 valence electrons. The molecule has 7 nitrogen and oxygen atoms in total. The van der Waals surface area contributed by atoms with E-state index < -0.39 is 0 Å². The Morgan fingerprint density at radius 3 is 1.56 bits per heavy atom. The van der Waals surface area contributed by atoms with Crippen molar-refractivity contribution >= 4 is 60.9 Å². The monoisotopic (exact) mass is 668 g/mol. The molecule has 0 fully saturated rings. The van der Waals surface area contributed by atoms with Gasteiger partial charge in [0.2, 0.25) is 5.71 Å². The van der Waals surface area contributed by atoms with Crippen LogP contribution in [0, 0.1) is 0 Å². The third-order valence-electron chi connectivity index (χ3n) is 9.53. The Kier molecular flexibility index (Phi) is 6.99. The van der Waals surface area contributed by atoms with Crippen LogP contribution in [-0.2, 0) is 0 Å². The molecule has 0 spiro atoms. The van der Waals surface area contributed by atoms with Crippen molar-refractivity contribution in [3.63, 3.8) is 0 Å². The van der Waals surface area contributed by atoms with Gasteiger partial charge in [-0.15, -0.1) is 0 Å². The molecule has 0 unspecified atom stereocenters. The highest BCUT2D eigenvalue weighted by Crippen LogP contribution is 2.39. The van der Waals surface area contributed by atoms with E-state index in [1.165, 1.54) is 0 Å². The number of para-hydroxylation sites is 1. The Labute approximate surface area is 298 Å². The Bertz CT molecular complexity index is 2780. The summed E-state index contributed by atoms with van der Waals surface area (Å²) >= 11 is 0. The van der Waals surface area contributed by atoms with E-state index in [0.29, 0.717) is 5.71 Å². The molecule has 0 N–H and O–H groups in total. The lowest BCUT2D eigenvalue weighted by Gasteiger charge is -2.26. The van der Waals surface area contributed by atoms with Gasteiger partial charge in [0.1, 0.15) is 5.58 Å². The number of hydrogen-bond acceptors (Lipinski definition) is 7. The van der Waals surface area contributed by atoms with E-state index in [-0.39, 0.29) is 0 Å². The third-order valence-corrected chi connectivity index (χ3v) is 9.53. The van der Waals surface area contributed by atoms with Crippen molar-refractivity contribution in [2.24, 2.45) is 0 Å². The zero-order valence-corrected chi connectivity index (χ0v) is 27.8. The fourth-order valence-corrected chi connectivity index (χ4v) is 6.91. The first-order valence-corrected chi connectivity index (χ1v) is 17.0. The molecule has 0 aliphatic carbocycles. The van der Waals surface area contributed by atoms with Crippen molar-refractivity contribution in [3.05, 3.63) is 171 Å². The van der Waals surface area contributed by atoms with Crippen molar-refractivity contribution in [2.75, 3.05) is 4.90 Å².